The second kappa shape index (κ2) is 7.53. The zero-order chi connectivity index (χ0) is 13.6. The van der Waals surface area contributed by atoms with Gasteiger partial charge in [-0.3, -0.25) is 9.97 Å². The van der Waals surface area contributed by atoms with Gasteiger partial charge in [0.2, 0.25) is 0 Å². The zero-order valence-electron chi connectivity index (χ0n) is 11.4. The molecule has 0 aliphatic rings. The summed E-state index contributed by atoms with van der Waals surface area (Å²) in [5, 5.41) is 2.40. The van der Waals surface area contributed by atoms with Crippen LogP contribution in [0, 0.1) is 0 Å². The van der Waals surface area contributed by atoms with Gasteiger partial charge in [0, 0.05) is 40.2 Å². The predicted octanol–water partition coefficient (Wildman–Crippen LogP) is 4.09. The van der Waals surface area contributed by atoms with Crippen molar-refractivity contribution in [3.63, 3.8) is 0 Å². The van der Waals surface area contributed by atoms with Crippen molar-refractivity contribution in [1.82, 2.24) is 9.97 Å². The first-order chi connectivity index (χ1) is 9.93. The number of rotatable bonds is 0. The van der Waals surface area contributed by atoms with E-state index < -0.39 is 0 Å². The molecule has 4 rings (SSSR count). The van der Waals surface area contributed by atoms with Crippen LogP contribution in [0.1, 0.15) is 0 Å². The third-order valence-electron chi connectivity index (χ3n) is 3.02. The largest absolute Gasteiger partial charge is 0.256 e. The molecular weight excluding hydrogens is 323 g/mol. The minimum absolute atomic E-state index is 0. The molecule has 0 N–H and O–H groups in total. The van der Waals surface area contributed by atoms with Crippen molar-refractivity contribution in [2.45, 2.75) is 0 Å². The molecule has 0 aliphatic heterocycles. The summed E-state index contributed by atoms with van der Waals surface area (Å²) in [5.74, 6) is 0. The van der Waals surface area contributed by atoms with Gasteiger partial charge in [0.15, 0.2) is 0 Å². The molecule has 2 aromatic carbocycles. The molecule has 0 amide bonds. The van der Waals surface area contributed by atoms with E-state index in [0.717, 1.165) is 11.0 Å². The van der Waals surface area contributed by atoms with Crippen molar-refractivity contribution >= 4 is 38.9 Å². The third kappa shape index (κ3) is 3.88. The van der Waals surface area contributed by atoms with Crippen LogP contribution in [0.5, 0.6) is 0 Å². The Labute approximate surface area is 134 Å². The molecule has 0 unspecified atom stereocenters. The molecule has 0 atom stereocenters. The van der Waals surface area contributed by atoms with Crippen LogP contribution in [0.15, 0.2) is 85.2 Å². The van der Waals surface area contributed by atoms with E-state index in [0.29, 0.717) is 0 Å². The number of pyridine rings is 2. The number of hydrogen-bond acceptors (Lipinski definition) is 2. The molecular formula is C18H14N2Se. The van der Waals surface area contributed by atoms with Crippen LogP contribution in [0.3, 0.4) is 0 Å². The SMILES string of the molecule is [Se].c1ccc2ncccc2c1.c1ccc2ncccc2c1. The van der Waals surface area contributed by atoms with E-state index in [1.807, 2.05) is 60.9 Å². The van der Waals surface area contributed by atoms with E-state index in [1.165, 1.54) is 10.8 Å². The Bertz CT molecular complexity index is 628. The first kappa shape index (κ1) is 15.2. The minimum atomic E-state index is 0. The summed E-state index contributed by atoms with van der Waals surface area (Å²) in [7, 11) is 0. The Morgan fingerprint density at radius 1 is 0.476 bits per heavy atom. The maximum Gasteiger partial charge on any atom is 0.0701 e. The quantitative estimate of drug-likeness (QED) is 0.452. The molecule has 2 heterocycles. The summed E-state index contributed by atoms with van der Waals surface area (Å²) in [6.07, 6.45) is 3.62. The van der Waals surface area contributed by atoms with Crippen molar-refractivity contribution in [1.29, 1.82) is 0 Å². The number of aromatic nitrogens is 2. The van der Waals surface area contributed by atoms with E-state index in [4.69, 9.17) is 0 Å². The Hall–Kier alpha value is -2.22. The summed E-state index contributed by atoms with van der Waals surface area (Å²) < 4.78 is 0. The van der Waals surface area contributed by atoms with Crippen LogP contribution in [-0.4, -0.2) is 27.0 Å². The van der Waals surface area contributed by atoms with Crippen molar-refractivity contribution in [3.8, 4) is 0 Å². The number of fused-ring (bicyclic) bond motifs is 2. The predicted molar refractivity (Wildman–Crippen MR) is 89.2 cm³/mol. The average molecular weight is 337 g/mol. The second-order valence-electron chi connectivity index (χ2n) is 4.39. The van der Waals surface area contributed by atoms with Gasteiger partial charge in [-0.15, -0.1) is 0 Å². The summed E-state index contributed by atoms with van der Waals surface area (Å²) in [6.45, 7) is 0. The molecule has 3 heteroatoms. The standard InChI is InChI=1S/2C9H7N.Se/c2*1-2-6-9-8(4-1)5-3-7-10-9;/h2*1-7H;. The molecule has 21 heavy (non-hydrogen) atoms. The normalized spacial score (nSPS) is 9.52. The van der Waals surface area contributed by atoms with E-state index in [-0.39, 0.29) is 17.1 Å². The summed E-state index contributed by atoms with van der Waals surface area (Å²) in [5.41, 5.74) is 2.12. The first-order valence-corrected chi connectivity index (χ1v) is 6.53. The van der Waals surface area contributed by atoms with Crippen LogP contribution >= 0.6 is 0 Å². The minimum Gasteiger partial charge on any atom is -0.256 e. The van der Waals surface area contributed by atoms with Gasteiger partial charge in [-0.05, 0) is 24.3 Å². The number of benzene rings is 2. The van der Waals surface area contributed by atoms with E-state index in [1.54, 1.807) is 0 Å². The van der Waals surface area contributed by atoms with Crippen molar-refractivity contribution in [2.24, 2.45) is 0 Å². The van der Waals surface area contributed by atoms with Gasteiger partial charge in [0.1, 0.15) is 0 Å². The van der Waals surface area contributed by atoms with Gasteiger partial charge in [-0.25, -0.2) is 0 Å². The van der Waals surface area contributed by atoms with Crippen molar-refractivity contribution in [2.75, 3.05) is 0 Å². The fourth-order valence-corrected chi connectivity index (χ4v) is 2.03. The van der Waals surface area contributed by atoms with Gasteiger partial charge in [0.25, 0.3) is 0 Å². The molecule has 2 radical (unpaired) electrons. The van der Waals surface area contributed by atoms with Crippen LogP contribution in [0.25, 0.3) is 21.8 Å². The molecule has 0 spiro atoms. The van der Waals surface area contributed by atoms with E-state index in [2.05, 4.69) is 34.2 Å². The fourth-order valence-electron chi connectivity index (χ4n) is 2.03. The fraction of sp³-hybridized carbons (Fsp3) is 0. The molecule has 0 saturated heterocycles. The number of hydrogen-bond donors (Lipinski definition) is 0. The molecule has 2 nitrogen and oxygen atoms in total. The second-order valence-corrected chi connectivity index (χ2v) is 4.39. The van der Waals surface area contributed by atoms with Gasteiger partial charge in [-0.1, -0.05) is 48.5 Å². The molecule has 102 valence electrons. The van der Waals surface area contributed by atoms with Gasteiger partial charge >= 0.3 is 0 Å². The molecule has 4 aromatic rings. The Balaban J connectivity index is 0.000000147. The summed E-state index contributed by atoms with van der Waals surface area (Å²) in [6, 6.07) is 24.2. The zero-order valence-corrected chi connectivity index (χ0v) is 13.1. The average Bonchev–Trinajstić information content (AvgIpc) is 2.56. The smallest absolute Gasteiger partial charge is 0.0701 e. The van der Waals surface area contributed by atoms with Crippen LogP contribution in [-0.2, 0) is 0 Å². The summed E-state index contributed by atoms with van der Waals surface area (Å²) >= 11 is 0. The van der Waals surface area contributed by atoms with Gasteiger partial charge in [-0.2, -0.15) is 0 Å². The van der Waals surface area contributed by atoms with E-state index in [9.17, 15) is 0 Å². The first-order valence-electron chi connectivity index (χ1n) is 6.53. The molecule has 0 aliphatic carbocycles. The summed E-state index contributed by atoms with van der Waals surface area (Å²) in [4.78, 5) is 8.36. The van der Waals surface area contributed by atoms with Gasteiger partial charge < -0.3 is 0 Å². The van der Waals surface area contributed by atoms with Crippen LogP contribution in [0.4, 0.5) is 0 Å². The monoisotopic (exact) mass is 338 g/mol. The molecule has 0 bridgehead atoms. The number of nitrogens with zero attached hydrogens (tertiary/aromatic N) is 2. The third-order valence-corrected chi connectivity index (χ3v) is 3.02. The topological polar surface area (TPSA) is 25.8 Å². The van der Waals surface area contributed by atoms with Crippen molar-refractivity contribution in [3.05, 3.63) is 85.2 Å². The van der Waals surface area contributed by atoms with Gasteiger partial charge in [0.05, 0.1) is 11.0 Å². The number of para-hydroxylation sites is 2. The van der Waals surface area contributed by atoms with Crippen molar-refractivity contribution < 1.29 is 0 Å². The Kier molecular flexibility index (Phi) is 5.44. The Morgan fingerprint density at radius 2 is 0.857 bits per heavy atom. The molecule has 2 aromatic heterocycles. The van der Waals surface area contributed by atoms with Crippen LogP contribution in [0.2, 0.25) is 0 Å². The van der Waals surface area contributed by atoms with E-state index >= 15 is 0 Å². The maximum atomic E-state index is 4.18. The maximum absolute atomic E-state index is 4.18. The molecule has 0 fully saturated rings. The molecule has 0 saturated carbocycles. The Morgan fingerprint density at radius 3 is 1.29 bits per heavy atom. The van der Waals surface area contributed by atoms with Crippen LogP contribution < -0.4 is 0 Å².